The van der Waals surface area contributed by atoms with E-state index in [2.05, 4.69) is 23.4 Å². The number of likely N-dealkylation sites (N-methyl/N-ethyl adjacent to an activating group) is 1. The summed E-state index contributed by atoms with van der Waals surface area (Å²) >= 11 is 0. The molecule has 3 heteroatoms. The molecule has 1 unspecified atom stereocenters. The predicted octanol–water partition coefficient (Wildman–Crippen LogP) is 0.561. The van der Waals surface area contributed by atoms with Crippen molar-refractivity contribution in [1.29, 1.82) is 0 Å². The van der Waals surface area contributed by atoms with Crippen molar-refractivity contribution in [2.45, 2.75) is 18.9 Å². The maximum Gasteiger partial charge on any atom is 0.0446 e. The Hall–Kier alpha value is -0.380. The average Bonchev–Trinajstić information content (AvgIpc) is 2.31. The summed E-state index contributed by atoms with van der Waals surface area (Å²) in [6.07, 6.45) is 4.04. The molecule has 1 saturated heterocycles. The molecule has 0 aromatic rings. The van der Waals surface area contributed by atoms with Crippen LogP contribution in [0.5, 0.6) is 0 Å². The molecule has 1 N–H and O–H groups in total. The molecule has 0 aromatic heterocycles. The zero-order valence-electron chi connectivity index (χ0n) is 9.15. The van der Waals surface area contributed by atoms with Crippen LogP contribution in [0.3, 0.4) is 0 Å². The lowest BCUT2D eigenvalue weighted by Crippen LogP contribution is -2.40. The van der Waals surface area contributed by atoms with E-state index in [1.807, 2.05) is 6.08 Å². The Morgan fingerprint density at radius 2 is 2.29 bits per heavy atom. The van der Waals surface area contributed by atoms with Gasteiger partial charge in [0.1, 0.15) is 0 Å². The molecule has 14 heavy (non-hydrogen) atoms. The third-order valence-electron chi connectivity index (χ3n) is 2.85. The molecular formula is C11H22N2O. The molecule has 0 aliphatic carbocycles. The number of nitrogens with zero attached hydrogens (tertiary/aromatic N) is 2. The molecular weight excluding hydrogens is 176 g/mol. The van der Waals surface area contributed by atoms with Gasteiger partial charge in [-0.1, -0.05) is 6.08 Å². The fourth-order valence-electron chi connectivity index (χ4n) is 2.12. The van der Waals surface area contributed by atoms with Gasteiger partial charge >= 0.3 is 0 Å². The lowest BCUT2D eigenvalue weighted by atomic mass is 10.1. The van der Waals surface area contributed by atoms with E-state index in [0.717, 1.165) is 32.6 Å². The number of aliphatic hydroxyl groups is 1. The van der Waals surface area contributed by atoms with Crippen molar-refractivity contribution in [1.82, 2.24) is 9.80 Å². The summed E-state index contributed by atoms with van der Waals surface area (Å²) in [7, 11) is 2.15. The maximum atomic E-state index is 9.01. The summed E-state index contributed by atoms with van der Waals surface area (Å²) in [5, 5.41) is 9.01. The molecule has 1 fully saturated rings. The monoisotopic (exact) mass is 198 g/mol. The van der Waals surface area contributed by atoms with Crippen molar-refractivity contribution in [3.8, 4) is 0 Å². The Balaban J connectivity index is 2.53. The molecule has 0 radical (unpaired) electrons. The van der Waals surface area contributed by atoms with Gasteiger partial charge in [0, 0.05) is 32.3 Å². The zero-order chi connectivity index (χ0) is 10.4. The van der Waals surface area contributed by atoms with Crippen LogP contribution in [0.2, 0.25) is 0 Å². The third-order valence-corrected chi connectivity index (χ3v) is 2.85. The number of rotatable bonds is 4. The van der Waals surface area contributed by atoms with E-state index >= 15 is 0 Å². The van der Waals surface area contributed by atoms with Crippen LogP contribution in [0.1, 0.15) is 12.8 Å². The van der Waals surface area contributed by atoms with Crippen LogP contribution in [-0.4, -0.2) is 60.8 Å². The highest BCUT2D eigenvalue weighted by molar-refractivity contribution is 4.83. The molecule has 0 spiro atoms. The number of hydrogen-bond donors (Lipinski definition) is 1. The van der Waals surface area contributed by atoms with E-state index in [1.54, 1.807) is 0 Å². The SMILES string of the molecule is C=CCN1CCCN(C)CC1CCO. The van der Waals surface area contributed by atoms with Crippen molar-refractivity contribution in [2.75, 3.05) is 39.8 Å². The standard InChI is InChI=1S/C11H22N2O/c1-3-6-13-8-4-7-12(2)10-11(13)5-9-14/h3,11,14H,1,4-10H2,2H3. The fraction of sp³-hybridized carbons (Fsp3) is 0.818. The predicted molar refractivity (Wildman–Crippen MR) is 59.4 cm³/mol. The minimum atomic E-state index is 0.284. The molecule has 1 heterocycles. The van der Waals surface area contributed by atoms with Gasteiger partial charge in [-0.2, -0.15) is 0 Å². The van der Waals surface area contributed by atoms with Crippen LogP contribution in [0, 0.1) is 0 Å². The highest BCUT2D eigenvalue weighted by atomic mass is 16.3. The van der Waals surface area contributed by atoms with Gasteiger partial charge in [-0.3, -0.25) is 4.90 Å². The van der Waals surface area contributed by atoms with Gasteiger partial charge < -0.3 is 10.0 Å². The molecule has 1 atom stereocenters. The van der Waals surface area contributed by atoms with Crippen molar-refractivity contribution in [3.63, 3.8) is 0 Å². The summed E-state index contributed by atoms with van der Waals surface area (Å²) in [5.74, 6) is 0. The second-order valence-corrected chi connectivity index (χ2v) is 4.07. The molecule has 0 amide bonds. The molecule has 1 rings (SSSR count). The topological polar surface area (TPSA) is 26.7 Å². The smallest absolute Gasteiger partial charge is 0.0446 e. The van der Waals surface area contributed by atoms with Crippen LogP contribution < -0.4 is 0 Å². The largest absolute Gasteiger partial charge is 0.396 e. The first-order chi connectivity index (χ1) is 6.77. The Kier molecular flexibility index (Phi) is 5.15. The summed E-state index contributed by atoms with van der Waals surface area (Å²) in [4.78, 5) is 4.77. The Morgan fingerprint density at radius 1 is 1.50 bits per heavy atom. The Bertz CT molecular complexity index is 173. The fourth-order valence-corrected chi connectivity index (χ4v) is 2.12. The van der Waals surface area contributed by atoms with Crippen LogP contribution in [0.25, 0.3) is 0 Å². The van der Waals surface area contributed by atoms with Gasteiger partial charge in [0.15, 0.2) is 0 Å². The number of hydrogen-bond acceptors (Lipinski definition) is 3. The third kappa shape index (κ3) is 3.40. The molecule has 1 aliphatic rings. The molecule has 0 bridgehead atoms. The summed E-state index contributed by atoms with van der Waals surface area (Å²) in [5.41, 5.74) is 0. The molecule has 3 nitrogen and oxygen atoms in total. The highest BCUT2D eigenvalue weighted by Gasteiger charge is 2.21. The van der Waals surface area contributed by atoms with Crippen LogP contribution in [0.4, 0.5) is 0 Å². The lowest BCUT2D eigenvalue weighted by Gasteiger charge is -2.29. The normalized spacial score (nSPS) is 26.0. The first-order valence-corrected chi connectivity index (χ1v) is 5.42. The molecule has 0 saturated carbocycles. The maximum absolute atomic E-state index is 9.01. The van der Waals surface area contributed by atoms with Crippen molar-refractivity contribution >= 4 is 0 Å². The van der Waals surface area contributed by atoms with E-state index in [-0.39, 0.29) is 6.61 Å². The van der Waals surface area contributed by atoms with E-state index < -0.39 is 0 Å². The summed E-state index contributed by atoms with van der Waals surface area (Å²) in [6.45, 7) is 8.36. The first-order valence-electron chi connectivity index (χ1n) is 5.42. The molecule has 1 aliphatic heterocycles. The van der Waals surface area contributed by atoms with Gasteiger partial charge in [0.2, 0.25) is 0 Å². The first kappa shape index (κ1) is 11.7. The van der Waals surface area contributed by atoms with E-state index in [0.29, 0.717) is 6.04 Å². The van der Waals surface area contributed by atoms with Crippen molar-refractivity contribution < 1.29 is 5.11 Å². The Morgan fingerprint density at radius 3 is 2.93 bits per heavy atom. The van der Waals surface area contributed by atoms with Crippen LogP contribution >= 0.6 is 0 Å². The van der Waals surface area contributed by atoms with E-state index in [4.69, 9.17) is 5.11 Å². The second kappa shape index (κ2) is 6.17. The highest BCUT2D eigenvalue weighted by Crippen LogP contribution is 2.11. The lowest BCUT2D eigenvalue weighted by molar-refractivity contribution is 0.162. The van der Waals surface area contributed by atoms with Crippen LogP contribution in [-0.2, 0) is 0 Å². The second-order valence-electron chi connectivity index (χ2n) is 4.07. The number of aliphatic hydroxyl groups excluding tert-OH is 1. The molecule has 82 valence electrons. The molecule has 0 aromatic carbocycles. The summed E-state index contributed by atoms with van der Waals surface area (Å²) < 4.78 is 0. The van der Waals surface area contributed by atoms with Gasteiger partial charge in [-0.15, -0.1) is 6.58 Å². The summed E-state index contributed by atoms with van der Waals surface area (Å²) in [6, 6.07) is 0.491. The van der Waals surface area contributed by atoms with Crippen molar-refractivity contribution in [3.05, 3.63) is 12.7 Å². The van der Waals surface area contributed by atoms with Crippen LogP contribution in [0.15, 0.2) is 12.7 Å². The minimum Gasteiger partial charge on any atom is -0.396 e. The van der Waals surface area contributed by atoms with Gasteiger partial charge in [-0.05, 0) is 26.4 Å². The van der Waals surface area contributed by atoms with Gasteiger partial charge in [0.25, 0.3) is 0 Å². The van der Waals surface area contributed by atoms with Gasteiger partial charge in [-0.25, -0.2) is 0 Å². The quantitative estimate of drug-likeness (QED) is 0.669. The van der Waals surface area contributed by atoms with E-state index in [1.165, 1.54) is 6.42 Å². The average molecular weight is 198 g/mol. The van der Waals surface area contributed by atoms with E-state index in [9.17, 15) is 0 Å². The Labute approximate surface area is 87.0 Å². The minimum absolute atomic E-state index is 0.284. The van der Waals surface area contributed by atoms with Crippen molar-refractivity contribution in [2.24, 2.45) is 0 Å². The zero-order valence-corrected chi connectivity index (χ0v) is 9.15. The van der Waals surface area contributed by atoms with Gasteiger partial charge in [0.05, 0.1) is 0 Å².